The first-order valence-electron chi connectivity index (χ1n) is 6.65. The highest BCUT2D eigenvalue weighted by molar-refractivity contribution is 4.72. The van der Waals surface area contributed by atoms with Crippen molar-refractivity contribution in [2.24, 2.45) is 5.92 Å². The van der Waals surface area contributed by atoms with Crippen LogP contribution in [0, 0.1) is 5.92 Å². The van der Waals surface area contributed by atoms with Crippen molar-refractivity contribution in [3.05, 3.63) is 0 Å². The summed E-state index contributed by atoms with van der Waals surface area (Å²) in [4.78, 5) is 2.65. The van der Waals surface area contributed by atoms with Crippen molar-refractivity contribution in [2.45, 2.75) is 52.5 Å². The molecule has 1 atom stereocenters. The second-order valence-electron chi connectivity index (χ2n) is 5.31. The zero-order chi connectivity index (χ0) is 11.1. The van der Waals surface area contributed by atoms with E-state index in [0.717, 1.165) is 12.0 Å². The summed E-state index contributed by atoms with van der Waals surface area (Å²) in [7, 11) is 0. The second-order valence-corrected chi connectivity index (χ2v) is 5.31. The van der Waals surface area contributed by atoms with E-state index in [-0.39, 0.29) is 0 Å². The first-order chi connectivity index (χ1) is 7.20. The fourth-order valence-electron chi connectivity index (χ4n) is 2.31. The summed E-state index contributed by atoms with van der Waals surface area (Å²) < 4.78 is 0. The fraction of sp³-hybridized carbons (Fsp3) is 1.00. The first-order valence-corrected chi connectivity index (χ1v) is 6.65. The van der Waals surface area contributed by atoms with Gasteiger partial charge in [0.25, 0.3) is 0 Å². The van der Waals surface area contributed by atoms with Gasteiger partial charge >= 0.3 is 0 Å². The van der Waals surface area contributed by atoms with Gasteiger partial charge in [0.05, 0.1) is 0 Å². The standard InChI is InChI=1S/C13H28N2/c1-12(2)6-4-7-13(3)15-10-5-8-14-9-11-15/h12-14H,4-11H2,1-3H3. The molecule has 1 rings (SSSR count). The molecular formula is C13H28N2. The van der Waals surface area contributed by atoms with E-state index in [9.17, 15) is 0 Å². The molecule has 1 aliphatic rings. The molecule has 2 nitrogen and oxygen atoms in total. The average Bonchev–Trinajstić information content (AvgIpc) is 2.44. The minimum atomic E-state index is 0.781. The van der Waals surface area contributed by atoms with E-state index >= 15 is 0 Å². The van der Waals surface area contributed by atoms with E-state index in [4.69, 9.17) is 0 Å². The molecule has 0 radical (unpaired) electrons. The van der Waals surface area contributed by atoms with Gasteiger partial charge in [-0.2, -0.15) is 0 Å². The van der Waals surface area contributed by atoms with Crippen LogP contribution in [0.2, 0.25) is 0 Å². The Morgan fingerprint density at radius 2 is 1.87 bits per heavy atom. The molecule has 1 aliphatic heterocycles. The Morgan fingerprint density at radius 3 is 2.60 bits per heavy atom. The Hall–Kier alpha value is -0.0800. The number of nitrogens with one attached hydrogen (secondary N) is 1. The number of rotatable bonds is 5. The molecule has 1 fully saturated rings. The normalized spacial score (nSPS) is 21.6. The highest BCUT2D eigenvalue weighted by Crippen LogP contribution is 2.13. The summed E-state index contributed by atoms with van der Waals surface area (Å²) in [5.74, 6) is 0.864. The van der Waals surface area contributed by atoms with Crippen LogP contribution in [0.5, 0.6) is 0 Å². The summed E-state index contributed by atoms with van der Waals surface area (Å²) in [5, 5.41) is 3.46. The quantitative estimate of drug-likeness (QED) is 0.753. The van der Waals surface area contributed by atoms with Crippen molar-refractivity contribution >= 4 is 0 Å². The maximum absolute atomic E-state index is 3.46. The molecule has 1 unspecified atom stereocenters. The predicted octanol–water partition coefficient (Wildman–Crippen LogP) is 2.50. The van der Waals surface area contributed by atoms with Gasteiger partial charge in [0, 0.05) is 19.1 Å². The third-order valence-electron chi connectivity index (χ3n) is 3.40. The van der Waals surface area contributed by atoms with Crippen molar-refractivity contribution in [3.8, 4) is 0 Å². The van der Waals surface area contributed by atoms with Crippen LogP contribution in [0.25, 0.3) is 0 Å². The lowest BCUT2D eigenvalue weighted by Gasteiger charge is -2.27. The van der Waals surface area contributed by atoms with E-state index in [2.05, 4.69) is 31.0 Å². The lowest BCUT2D eigenvalue weighted by molar-refractivity contribution is 0.207. The van der Waals surface area contributed by atoms with Gasteiger partial charge in [-0.05, 0) is 38.8 Å². The monoisotopic (exact) mass is 212 g/mol. The number of hydrogen-bond acceptors (Lipinski definition) is 2. The van der Waals surface area contributed by atoms with E-state index in [1.54, 1.807) is 0 Å². The smallest absolute Gasteiger partial charge is 0.0110 e. The molecule has 1 saturated heterocycles. The van der Waals surface area contributed by atoms with Crippen LogP contribution in [-0.4, -0.2) is 37.1 Å². The maximum Gasteiger partial charge on any atom is 0.0110 e. The van der Waals surface area contributed by atoms with Gasteiger partial charge in [-0.1, -0.05) is 26.7 Å². The minimum Gasteiger partial charge on any atom is -0.315 e. The zero-order valence-corrected chi connectivity index (χ0v) is 10.8. The van der Waals surface area contributed by atoms with Gasteiger partial charge in [-0.3, -0.25) is 4.90 Å². The Kier molecular flexibility index (Phi) is 6.26. The van der Waals surface area contributed by atoms with E-state index in [0.29, 0.717) is 0 Å². The van der Waals surface area contributed by atoms with Crippen molar-refractivity contribution in [3.63, 3.8) is 0 Å². The molecule has 1 N–H and O–H groups in total. The summed E-state index contributed by atoms with van der Waals surface area (Å²) in [6.45, 7) is 11.9. The predicted molar refractivity (Wildman–Crippen MR) is 67.2 cm³/mol. The maximum atomic E-state index is 3.46. The first kappa shape index (κ1) is 13.0. The van der Waals surface area contributed by atoms with E-state index in [1.165, 1.54) is 51.9 Å². The largest absolute Gasteiger partial charge is 0.315 e. The van der Waals surface area contributed by atoms with Gasteiger partial charge in [0.2, 0.25) is 0 Å². The van der Waals surface area contributed by atoms with Crippen molar-refractivity contribution in [2.75, 3.05) is 26.2 Å². The van der Waals surface area contributed by atoms with Crippen LogP contribution in [0.1, 0.15) is 46.5 Å². The third kappa shape index (κ3) is 5.53. The molecule has 90 valence electrons. The molecule has 0 aliphatic carbocycles. The number of hydrogen-bond donors (Lipinski definition) is 1. The average molecular weight is 212 g/mol. The van der Waals surface area contributed by atoms with Gasteiger partial charge in [-0.15, -0.1) is 0 Å². The van der Waals surface area contributed by atoms with Gasteiger partial charge in [-0.25, -0.2) is 0 Å². The summed E-state index contributed by atoms with van der Waals surface area (Å²) in [6.07, 6.45) is 5.46. The van der Waals surface area contributed by atoms with Crippen LogP contribution < -0.4 is 5.32 Å². The molecule has 0 bridgehead atoms. The highest BCUT2D eigenvalue weighted by atomic mass is 15.2. The van der Waals surface area contributed by atoms with Gasteiger partial charge < -0.3 is 5.32 Å². The van der Waals surface area contributed by atoms with Crippen LogP contribution in [-0.2, 0) is 0 Å². The van der Waals surface area contributed by atoms with Crippen LogP contribution in [0.3, 0.4) is 0 Å². The molecule has 1 heterocycles. The van der Waals surface area contributed by atoms with Gasteiger partial charge in [0.15, 0.2) is 0 Å². The molecule has 15 heavy (non-hydrogen) atoms. The molecule has 0 spiro atoms. The molecule has 0 aromatic heterocycles. The summed E-state index contributed by atoms with van der Waals surface area (Å²) in [5.41, 5.74) is 0. The molecule has 0 aromatic rings. The fourth-order valence-corrected chi connectivity index (χ4v) is 2.31. The van der Waals surface area contributed by atoms with Crippen molar-refractivity contribution in [1.82, 2.24) is 10.2 Å². The molecular weight excluding hydrogens is 184 g/mol. The Balaban J connectivity index is 2.16. The lowest BCUT2D eigenvalue weighted by Crippen LogP contribution is -2.35. The Bertz CT molecular complexity index is 149. The minimum absolute atomic E-state index is 0.781. The second kappa shape index (κ2) is 7.24. The Labute approximate surface area is 95.4 Å². The molecule has 0 aromatic carbocycles. The van der Waals surface area contributed by atoms with Crippen molar-refractivity contribution < 1.29 is 0 Å². The SMILES string of the molecule is CC(C)CCCC(C)N1CCCNCC1. The summed E-state index contributed by atoms with van der Waals surface area (Å²) in [6, 6.07) is 0.781. The Morgan fingerprint density at radius 1 is 1.07 bits per heavy atom. The van der Waals surface area contributed by atoms with E-state index in [1.807, 2.05) is 0 Å². The van der Waals surface area contributed by atoms with Gasteiger partial charge in [0.1, 0.15) is 0 Å². The number of nitrogens with zero attached hydrogens (tertiary/aromatic N) is 1. The van der Waals surface area contributed by atoms with Crippen molar-refractivity contribution in [1.29, 1.82) is 0 Å². The topological polar surface area (TPSA) is 15.3 Å². The third-order valence-corrected chi connectivity index (χ3v) is 3.40. The van der Waals surface area contributed by atoms with Crippen LogP contribution in [0.4, 0.5) is 0 Å². The van der Waals surface area contributed by atoms with Crippen LogP contribution >= 0.6 is 0 Å². The van der Waals surface area contributed by atoms with Crippen LogP contribution in [0.15, 0.2) is 0 Å². The molecule has 2 heteroatoms. The van der Waals surface area contributed by atoms with E-state index < -0.39 is 0 Å². The summed E-state index contributed by atoms with van der Waals surface area (Å²) >= 11 is 0. The zero-order valence-electron chi connectivity index (χ0n) is 10.8. The lowest BCUT2D eigenvalue weighted by atomic mass is 10.0. The molecule has 0 saturated carbocycles. The highest BCUT2D eigenvalue weighted by Gasteiger charge is 2.14. The molecule has 0 amide bonds.